The molecule has 0 aliphatic carbocycles. The van der Waals surface area contributed by atoms with Crippen LogP contribution in [0, 0.1) is 10.1 Å². The minimum absolute atomic E-state index is 0.0476. The van der Waals surface area contributed by atoms with Crippen molar-refractivity contribution >= 4 is 23.1 Å². The first-order valence-electron chi connectivity index (χ1n) is 9.07. The molecule has 0 heterocycles. The summed E-state index contributed by atoms with van der Waals surface area (Å²) in [5, 5.41) is 22.7. The number of carbonyl (C=O) groups excluding carboxylic acids is 2. The maximum absolute atomic E-state index is 12.4. The predicted octanol–water partition coefficient (Wildman–Crippen LogP) is 3.34. The fourth-order valence-corrected chi connectivity index (χ4v) is 2.61. The summed E-state index contributed by atoms with van der Waals surface area (Å²) in [5.74, 6) is -1.25. The average Bonchev–Trinajstić information content (AvgIpc) is 2.69. The Balaban J connectivity index is 2.12. The number of rotatable bonds is 8. The highest BCUT2D eigenvalue weighted by molar-refractivity contribution is 6.01. The molecule has 0 saturated carbocycles. The highest BCUT2D eigenvalue weighted by Gasteiger charge is 2.20. The molecular weight excluding hydrogens is 376 g/mol. The van der Waals surface area contributed by atoms with Crippen LogP contribution in [0.3, 0.4) is 0 Å². The highest BCUT2D eigenvalue weighted by Crippen LogP contribution is 2.24. The summed E-state index contributed by atoms with van der Waals surface area (Å²) in [4.78, 5) is 35.1. The summed E-state index contributed by atoms with van der Waals surface area (Å²) in [7, 11) is 0. The Hall–Kier alpha value is -3.26. The van der Waals surface area contributed by atoms with Gasteiger partial charge in [0.05, 0.1) is 17.1 Å². The lowest BCUT2D eigenvalue weighted by Gasteiger charge is -2.19. The van der Waals surface area contributed by atoms with Crippen molar-refractivity contribution < 1.29 is 24.4 Å². The van der Waals surface area contributed by atoms with Gasteiger partial charge in [-0.2, -0.15) is 0 Å². The van der Waals surface area contributed by atoms with Gasteiger partial charge in [-0.05, 0) is 17.0 Å². The van der Waals surface area contributed by atoms with E-state index in [9.17, 15) is 19.7 Å². The number of nitro benzene ring substituents is 1. The molecule has 0 amide bonds. The number of Topliss-reactive ketones (excluding diaryl/α,β-unsaturated/α-hetero) is 1. The molecule has 0 unspecified atom stereocenters. The van der Waals surface area contributed by atoms with Crippen LogP contribution in [-0.2, 0) is 10.2 Å². The molecule has 8 nitrogen and oxygen atoms in total. The number of anilines is 1. The fourth-order valence-electron chi connectivity index (χ4n) is 2.61. The Morgan fingerprint density at radius 1 is 1.14 bits per heavy atom. The molecule has 0 fully saturated rings. The first-order chi connectivity index (χ1) is 13.6. The van der Waals surface area contributed by atoms with E-state index in [-0.39, 0.29) is 41.3 Å². The lowest BCUT2D eigenvalue weighted by atomic mass is 9.86. The second-order valence-electron chi connectivity index (χ2n) is 7.46. The lowest BCUT2D eigenvalue weighted by Crippen LogP contribution is -2.17. The molecule has 0 bridgehead atoms. The minimum Gasteiger partial charge on any atom is -0.454 e. The number of aliphatic hydroxyl groups is 1. The van der Waals surface area contributed by atoms with Crippen LogP contribution in [0.2, 0.25) is 0 Å². The van der Waals surface area contributed by atoms with Gasteiger partial charge >= 0.3 is 5.97 Å². The first-order valence-corrected chi connectivity index (χ1v) is 9.07. The number of non-ortho nitro benzene ring substituents is 1. The van der Waals surface area contributed by atoms with Crippen LogP contribution in [0.5, 0.6) is 0 Å². The van der Waals surface area contributed by atoms with E-state index < -0.39 is 17.5 Å². The standard InChI is InChI=1S/C21H24N2O6/c1-21(2,3)15-6-4-14(5-7-15)19(25)13-29-20(26)17-12-16(23(27)28)8-9-18(17)22-10-11-24/h4-9,12,22,24H,10-11,13H2,1-3H3. The number of benzene rings is 2. The molecule has 0 aromatic heterocycles. The topological polar surface area (TPSA) is 119 Å². The van der Waals surface area contributed by atoms with Crippen LogP contribution in [0.15, 0.2) is 42.5 Å². The van der Waals surface area contributed by atoms with E-state index in [1.54, 1.807) is 12.1 Å². The van der Waals surface area contributed by atoms with Gasteiger partial charge in [0.15, 0.2) is 12.4 Å². The molecule has 2 rings (SSSR count). The van der Waals surface area contributed by atoms with E-state index in [0.29, 0.717) is 5.56 Å². The highest BCUT2D eigenvalue weighted by atomic mass is 16.6. The van der Waals surface area contributed by atoms with Crippen molar-refractivity contribution in [2.75, 3.05) is 25.1 Å². The Kier molecular flexibility index (Phi) is 7.06. The van der Waals surface area contributed by atoms with Crippen LogP contribution >= 0.6 is 0 Å². The van der Waals surface area contributed by atoms with Crippen LogP contribution in [0.4, 0.5) is 11.4 Å². The monoisotopic (exact) mass is 400 g/mol. The average molecular weight is 400 g/mol. The number of carbonyl (C=O) groups is 2. The molecule has 2 N–H and O–H groups in total. The summed E-state index contributed by atoms with van der Waals surface area (Å²) in [6.45, 7) is 5.66. The van der Waals surface area contributed by atoms with Gasteiger partial charge in [-0.1, -0.05) is 45.0 Å². The largest absolute Gasteiger partial charge is 0.454 e. The van der Waals surface area contributed by atoms with Crippen LogP contribution in [-0.4, -0.2) is 41.5 Å². The van der Waals surface area contributed by atoms with E-state index in [1.165, 1.54) is 12.1 Å². The molecule has 0 saturated heterocycles. The van der Waals surface area contributed by atoms with Crippen molar-refractivity contribution in [3.8, 4) is 0 Å². The van der Waals surface area contributed by atoms with Crippen molar-refractivity contribution in [1.82, 2.24) is 0 Å². The summed E-state index contributed by atoms with van der Waals surface area (Å²) in [6, 6.07) is 10.7. The Labute approximate surface area is 168 Å². The Bertz CT molecular complexity index is 900. The lowest BCUT2D eigenvalue weighted by molar-refractivity contribution is -0.384. The molecule has 0 radical (unpaired) electrons. The summed E-state index contributed by atoms with van der Waals surface area (Å²) >= 11 is 0. The third-order valence-electron chi connectivity index (χ3n) is 4.27. The zero-order chi connectivity index (χ0) is 21.6. The van der Waals surface area contributed by atoms with Crippen molar-refractivity contribution in [2.45, 2.75) is 26.2 Å². The summed E-state index contributed by atoms with van der Waals surface area (Å²) < 4.78 is 5.08. The maximum Gasteiger partial charge on any atom is 0.340 e. The predicted molar refractivity (Wildman–Crippen MR) is 108 cm³/mol. The van der Waals surface area contributed by atoms with Crippen molar-refractivity contribution in [3.63, 3.8) is 0 Å². The number of nitrogens with zero attached hydrogens (tertiary/aromatic N) is 1. The Morgan fingerprint density at radius 2 is 1.79 bits per heavy atom. The zero-order valence-electron chi connectivity index (χ0n) is 16.6. The third-order valence-corrected chi connectivity index (χ3v) is 4.27. The minimum atomic E-state index is -0.867. The molecule has 0 spiro atoms. The Morgan fingerprint density at radius 3 is 2.34 bits per heavy atom. The van der Waals surface area contributed by atoms with E-state index >= 15 is 0 Å². The number of nitro groups is 1. The van der Waals surface area contributed by atoms with Gasteiger partial charge in [-0.15, -0.1) is 0 Å². The SMILES string of the molecule is CC(C)(C)c1ccc(C(=O)COC(=O)c2cc([N+](=O)[O-])ccc2NCCO)cc1. The summed E-state index contributed by atoms with van der Waals surface area (Å²) in [5.41, 5.74) is 1.34. The van der Waals surface area contributed by atoms with E-state index in [4.69, 9.17) is 9.84 Å². The van der Waals surface area contributed by atoms with Crippen molar-refractivity contribution in [2.24, 2.45) is 0 Å². The van der Waals surface area contributed by atoms with E-state index in [0.717, 1.165) is 11.6 Å². The van der Waals surface area contributed by atoms with E-state index in [1.807, 2.05) is 12.1 Å². The number of esters is 1. The second-order valence-corrected chi connectivity index (χ2v) is 7.46. The molecular formula is C21H24N2O6. The van der Waals surface area contributed by atoms with Gasteiger partial charge in [0.1, 0.15) is 0 Å². The molecule has 0 aliphatic rings. The molecule has 2 aromatic carbocycles. The zero-order valence-corrected chi connectivity index (χ0v) is 16.6. The van der Waals surface area contributed by atoms with Crippen LogP contribution in [0.1, 0.15) is 47.1 Å². The fraction of sp³-hybridized carbons (Fsp3) is 0.333. The molecule has 29 heavy (non-hydrogen) atoms. The second kappa shape index (κ2) is 9.29. The molecule has 8 heteroatoms. The number of hydrogen-bond acceptors (Lipinski definition) is 7. The van der Waals surface area contributed by atoms with Gasteiger partial charge in [0.25, 0.3) is 5.69 Å². The maximum atomic E-state index is 12.4. The number of hydrogen-bond donors (Lipinski definition) is 2. The molecule has 0 aliphatic heterocycles. The van der Waals surface area contributed by atoms with Crippen molar-refractivity contribution in [3.05, 3.63) is 69.3 Å². The number of nitrogens with one attached hydrogen (secondary N) is 1. The van der Waals surface area contributed by atoms with Gasteiger partial charge in [0, 0.05) is 29.9 Å². The number of ketones is 1. The van der Waals surface area contributed by atoms with Gasteiger partial charge in [0.2, 0.25) is 0 Å². The number of aliphatic hydroxyl groups excluding tert-OH is 1. The molecule has 2 aromatic rings. The quantitative estimate of drug-likeness (QED) is 0.302. The van der Waals surface area contributed by atoms with Gasteiger partial charge < -0.3 is 15.2 Å². The van der Waals surface area contributed by atoms with Gasteiger partial charge in [-0.3, -0.25) is 14.9 Å². The first kappa shape index (κ1) is 22.0. The molecule has 0 atom stereocenters. The van der Waals surface area contributed by atoms with Crippen LogP contribution in [0.25, 0.3) is 0 Å². The summed E-state index contributed by atoms with van der Waals surface area (Å²) in [6.07, 6.45) is 0. The smallest absolute Gasteiger partial charge is 0.340 e. The van der Waals surface area contributed by atoms with E-state index in [2.05, 4.69) is 26.1 Å². The number of ether oxygens (including phenoxy) is 1. The van der Waals surface area contributed by atoms with Crippen molar-refractivity contribution in [1.29, 1.82) is 0 Å². The van der Waals surface area contributed by atoms with Crippen LogP contribution < -0.4 is 5.32 Å². The van der Waals surface area contributed by atoms with Gasteiger partial charge in [-0.25, -0.2) is 4.79 Å². The molecule has 154 valence electrons. The third kappa shape index (κ3) is 5.86. The normalized spacial score (nSPS) is 11.0.